The van der Waals surface area contributed by atoms with E-state index in [2.05, 4.69) is 4.99 Å². The summed E-state index contributed by atoms with van der Waals surface area (Å²) in [6.07, 6.45) is 0.589. The van der Waals surface area contributed by atoms with E-state index >= 15 is 0 Å². The molecule has 0 spiro atoms. The van der Waals surface area contributed by atoms with Crippen molar-refractivity contribution >= 4 is 40.0 Å². The third kappa shape index (κ3) is 6.80. The zero-order valence-electron chi connectivity index (χ0n) is 19.7. The van der Waals surface area contributed by atoms with Gasteiger partial charge >= 0.3 is 11.9 Å². The summed E-state index contributed by atoms with van der Waals surface area (Å²) in [6, 6.07) is 17.7. The molecule has 0 aliphatic rings. The average molecular weight is 476 g/mol. The van der Waals surface area contributed by atoms with Crippen LogP contribution in [-0.2, 0) is 16.1 Å². The van der Waals surface area contributed by atoms with Gasteiger partial charge in [-0.25, -0.2) is 4.79 Å². The highest BCUT2D eigenvalue weighted by Gasteiger charge is 2.23. The van der Waals surface area contributed by atoms with Crippen LogP contribution in [0.25, 0.3) is 10.8 Å². The van der Waals surface area contributed by atoms with Crippen LogP contribution in [0.15, 0.2) is 65.7 Å². The van der Waals surface area contributed by atoms with Gasteiger partial charge in [0.05, 0.1) is 18.5 Å². The summed E-state index contributed by atoms with van der Waals surface area (Å²) in [5, 5.41) is 18.8. The molecule has 6 N–H and O–H groups in total. The summed E-state index contributed by atoms with van der Waals surface area (Å²) in [4.78, 5) is 29.4. The lowest BCUT2D eigenvalue weighted by Crippen LogP contribution is -2.36. The van der Waals surface area contributed by atoms with E-state index in [1.807, 2.05) is 31.2 Å². The number of carbonyl (C=O) groups is 2. The smallest absolute Gasteiger partial charge is 0.394 e. The standard InChI is InChI=1S/C26H29N5O4/c1-16(11-12-30-17(2)27)35-23-9-7-22(8-10-23)31(25(32)26(33)34)15-18-3-4-19-5-6-20(24(28)29)14-21(19)13-18/h3-10,13-14,16H,11-12,15H2,1-2H3,(H2,27,30)(H3,28,29)(H,33,34). The highest BCUT2D eigenvalue weighted by atomic mass is 16.5. The molecule has 3 aromatic rings. The molecule has 0 aliphatic heterocycles. The second kappa shape index (κ2) is 11.1. The fourth-order valence-corrected chi connectivity index (χ4v) is 3.56. The fraction of sp³-hybridized carbons (Fsp3) is 0.231. The van der Waals surface area contributed by atoms with Gasteiger partial charge in [-0.2, -0.15) is 0 Å². The molecule has 182 valence electrons. The summed E-state index contributed by atoms with van der Waals surface area (Å²) in [6.45, 7) is 4.27. The molecule has 0 aromatic heterocycles. The zero-order chi connectivity index (χ0) is 25.5. The number of hydrogen-bond acceptors (Lipinski definition) is 5. The Kier molecular flexibility index (Phi) is 8.04. The molecule has 0 fully saturated rings. The number of aliphatic carboxylic acids is 1. The van der Waals surface area contributed by atoms with Gasteiger partial charge in [-0.1, -0.05) is 24.3 Å². The molecule has 0 saturated carbocycles. The SMILES string of the molecule is CC(N)=NCCC(C)Oc1ccc(N(Cc2ccc3ccc(C(=N)N)cc3c2)C(=O)C(=O)O)cc1. The van der Waals surface area contributed by atoms with Gasteiger partial charge in [0.2, 0.25) is 0 Å². The fourth-order valence-electron chi connectivity index (χ4n) is 3.56. The lowest BCUT2D eigenvalue weighted by atomic mass is 10.0. The van der Waals surface area contributed by atoms with Gasteiger partial charge in [0.1, 0.15) is 11.6 Å². The van der Waals surface area contributed by atoms with E-state index < -0.39 is 11.9 Å². The van der Waals surface area contributed by atoms with Crippen LogP contribution in [0.3, 0.4) is 0 Å². The quantitative estimate of drug-likeness (QED) is 0.211. The van der Waals surface area contributed by atoms with E-state index in [0.29, 0.717) is 35.8 Å². The van der Waals surface area contributed by atoms with Crippen LogP contribution in [0.1, 0.15) is 31.4 Å². The number of carboxylic acids is 1. The van der Waals surface area contributed by atoms with E-state index in [4.69, 9.17) is 21.6 Å². The molecule has 1 unspecified atom stereocenters. The Hall–Kier alpha value is -4.40. The van der Waals surface area contributed by atoms with Crippen LogP contribution in [0.2, 0.25) is 0 Å². The monoisotopic (exact) mass is 475 g/mol. The first kappa shape index (κ1) is 25.2. The molecule has 0 aliphatic carbocycles. The number of ether oxygens (including phenoxy) is 1. The average Bonchev–Trinajstić information content (AvgIpc) is 2.81. The van der Waals surface area contributed by atoms with Crippen molar-refractivity contribution in [2.45, 2.75) is 32.9 Å². The topological polar surface area (TPSA) is 155 Å². The number of hydrogen-bond donors (Lipinski definition) is 4. The summed E-state index contributed by atoms with van der Waals surface area (Å²) in [5.74, 6) is -1.51. The van der Waals surface area contributed by atoms with Gasteiger partial charge in [0.25, 0.3) is 0 Å². The predicted octanol–water partition coefficient (Wildman–Crippen LogP) is 3.28. The first-order valence-electron chi connectivity index (χ1n) is 11.1. The van der Waals surface area contributed by atoms with Crippen LogP contribution < -0.4 is 21.1 Å². The van der Waals surface area contributed by atoms with Crippen molar-refractivity contribution in [3.05, 3.63) is 71.8 Å². The van der Waals surface area contributed by atoms with Gasteiger partial charge in [-0.05, 0) is 66.6 Å². The van der Waals surface area contributed by atoms with Gasteiger partial charge in [-0.3, -0.25) is 20.1 Å². The van der Waals surface area contributed by atoms with Gasteiger partial charge in [-0.15, -0.1) is 0 Å². The molecule has 0 heterocycles. The van der Waals surface area contributed by atoms with Crippen molar-refractivity contribution in [2.75, 3.05) is 11.4 Å². The Morgan fingerprint density at radius 1 is 1.06 bits per heavy atom. The highest BCUT2D eigenvalue weighted by molar-refractivity contribution is 6.37. The predicted molar refractivity (Wildman–Crippen MR) is 137 cm³/mol. The van der Waals surface area contributed by atoms with E-state index in [9.17, 15) is 14.7 Å². The lowest BCUT2D eigenvalue weighted by Gasteiger charge is -2.22. The molecule has 1 atom stereocenters. The van der Waals surface area contributed by atoms with E-state index in [-0.39, 0.29) is 18.5 Å². The Morgan fingerprint density at radius 2 is 1.74 bits per heavy atom. The van der Waals surface area contributed by atoms with Crippen molar-refractivity contribution in [3.63, 3.8) is 0 Å². The normalized spacial score (nSPS) is 12.2. The van der Waals surface area contributed by atoms with Gasteiger partial charge in [0.15, 0.2) is 0 Å². The minimum absolute atomic E-state index is 0.0427. The largest absolute Gasteiger partial charge is 0.491 e. The number of rotatable bonds is 9. The molecular formula is C26H29N5O4. The van der Waals surface area contributed by atoms with Crippen molar-refractivity contribution in [3.8, 4) is 5.75 Å². The van der Waals surface area contributed by atoms with Crippen LogP contribution in [0.5, 0.6) is 5.75 Å². The minimum Gasteiger partial charge on any atom is -0.491 e. The molecule has 35 heavy (non-hydrogen) atoms. The van der Waals surface area contributed by atoms with Crippen molar-refractivity contribution in [1.29, 1.82) is 5.41 Å². The minimum atomic E-state index is -1.55. The van der Waals surface area contributed by atoms with Crippen molar-refractivity contribution in [1.82, 2.24) is 0 Å². The second-order valence-electron chi connectivity index (χ2n) is 8.24. The molecule has 3 aromatic carbocycles. The lowest BCUT2D eigenvalue weighted by molar-refractivity contribution is -0.148. The first-order valence-corrected chi connectivity index (χ1v) is 11.1. The highest BCUT2D eigenvalue weighted by Crippen LogP contribution is 2.25. The molecule has 3 rings (SSSR count). The Labute approximate surface area is 203 Å². The number of carboxylic acid groups (broad SMARTS) is 1. The van der Waals surface area contributed by atoms with E-state index in [1.165, 1.54) is 4.90 Å². The summed E-state index contributed by atoms with van der Waals surface area (Å²) in [5.41, 5.74) is 12.9. The maximum Gasteiger partial charge on any atom is 0.394 e. The van der Waals surface area contributed by atoms with Crippen LogP contribution in [-0.4, -0.2) is 41.3 Å². The maximum absolute atomic E-state index is 12.5. The zero-order valence-corrected chi connectivity index (χ0v) is 19.7. The van der Waals surface area contributed by atoms with Crippen molar-refractivity contribution in [2.24, 2.45) is 16.5 Å². The van der Waals surface area contributed by atoms with Crippen LogP contribution >= 0.6 is 0 Å². The maximum atomic E-state index is 12.5. The number of aliphatic imine (C=N–C) groups is 1. The third-order valence-corrected chi connectivity index (χ3v) is 5.37. The number of amides is 1. The molecule has 1 amide bonds. The second-order valence-corrected chi connectivity index (χ2v) is 8.24. The summed E-state index contributed by atoms with van der Waals surface area (Å²) in [7, 11) is 0. The molecule has 9 nitrogen and oxygen atoms in total. The number of nitrogen functional groups attached to an aromatic ring is 1. The Balaban J connectivity index is 1.80. The number of nitrogens with zero attached hydrogens (tertiary/aromatic N) is 2. The first-order chi connectivity index (χ1) is 16.6. The number of amidine groups is 2. The number of carbonyl (C=O) groups excluding carboxylic acids is 1. The molecule has 0 radical (unpaired) electrons. The van der Waals surface area contributed by atoms with Gasteiger partial charge < -0.3 is 21.3 Å². The molecule has 9 heteroatoms. The summed E-state index contributed by atoms with van der Waals surface area (Å²) < 4.78 is 5.88. The van der Waals surface area contributed by atoms with Crippen LogP contribution in [0.4, 0.5) is 5.69 Å². The van der Waals surface area contributed by atoms with Gasteiger partial charge in [0, 0.05) is 24.2 Å². The van der Waals surface area contributed by atoms with E-state index in [1.54, 1.807) is 43.3 Å². The number of anilines is 1. The Bertz CT molecular complexity index is 1270. The third-order valence-electron chi connectivity index (χ3n) is 5.37. The molecule has 0 bridgehead atoms. The Morgan fingerprint density at radius 3 is 2.37 bits per heavy atom. The molecule has 0 saturated heterocycles. The number of nitrogens with two attached hydrogens (primary N) is 2. The number of nitrogens with one attached hydrogen (secondary N) is 1. The summed E-state index contributed by atoms with van der Waals surface area (Å²) >= 11 is 0. The van der Waals surface area contributed by atoms with Crippen molar-refractivity contribution < 1.29 is 19.4 Å². The number of benzene rings is 3. The van der Waals surface area contributed by atoms with Crippen LogP contribution in [0, 0.1) is 5.41 Å². The number of fused-ring (bicyclic) bond motifs is 1. The molecular weight excluding hydrogens is 446 g/mol. The van der Waals surface area contributed by atoms with E-state index in [0.717, 1.165) is 16.3 Å².